The van der Waals surface area contributed by atoms with Crippen LogP contribution in [0.4, 0.5) is 0 Å². The average Bonchev–Trinajstić information content (AvgIpc) is 2.60. The summed E-state index contributed by atoms with van der Waals surface area (Å²) >= 11 is 0. The number of methoxy groups -OCH3 is 1. The zero-order valence-electron chi connectivity index (χ0n) is 13.2. The number of rotatable bonds is 7. The van der Waals surface area contributed by atoms with Crippen molar-refractivity contribution in [3.63, 3.8) is 0 Å². The predicted molar refractivity (Wildman–Crippen MR) is 91.9 cm³/mol. The highest BCUT2D eigenvalue weighted by Gasteiger charge is 2.09. The van der Waals surface area contributed by atoms with E-state index >= 15 is 0 Å². The number of amides is 1. The van der Waals surface area contributed by atoms with E-state index in [9.17, 15) is 9.90 Å². The minimum Gasteiger partial charge on any atom is -0.507 e. The van der Waals surface area contributed by atoms with Crippen molar-refractivity contribution in [2.24, 2.45) is 5.10 Å². The maximum absolute atomic E-state index is 11.9. The summed E-state index contributed by atoms with van der Waals surface area (Å²) in [6, 6.07) is 11.5. The number of nitrogens with one attached hydrogen (secondary N) is 1. The van der Waals surface area contributed by atoms with Gasteiger partial charge >= 0.3 is 0 Å². The summed E-state index contributed by atoms with van der Waals surface area (Å²) in [7, 11) is 1.54. The standard InChI is InChI=1S/C18H18N2O4/c1-3-10-24-16-9-8-13(11-17(16)23-2)12-19-20-18(22)14-6-4-5-7-15(14)21/h3-9,11-12,21H,1,10H2,2H3,(H,20,22)/b19-12-. The number of nitrogens with zero attached hydrogens (tertiary/aromatic N) is 1. The van der Waals surface area contributed by atoms with Gasteiger partial charge in [0.2, 0.25) is 0 Å². The normalized spacial score (nSPS) is 10.4. The topological polar surface area (TPSA) is 80.2 Å². The van der Waals surface area contributed by atoms with Crippen LogP contribution in [0.1, 0.15) is 15.9 Å². The molecule has 2 aromatic rings. The first-order chi connectivity index (χ1) is 11.7. The summed E-state index contributed by atoms with van der Waals surface area (Å²) in [5, 5.41) is 13.5. The Morgan fingerprint density at radius 3 is 2.79 bits per heavy atom. The summed E-state index contributed by atoms with van der Waals surface area (Å²) in [6.07, 6.45) is 3.11. The molecule has 2 N–H and O–H groups in total. The van der Waals surface area contributed by atoms with Crippen LogP contribution in [0.3, 0.4) is 0 Å². The van der Waals surface area contributed by atoms with E-state index in [0.29, 0.717) is 18.1 Å². The fourth-order valence-corrected chi connectivity index (χ4v) is 1.92. The molecule has 0 fully saturated rings. The number of phenolic OH excluding ortho intramolecular Hbond substituents is 1. The monoisotopic (exact) mass is 326 g/mol. The smallest absolute Gasteiger partial charge is 0.275 e. The molecule has 6 heteroatoms. The summed E-state index contributed by atoms with van der Waals surface area (Å²) in [5.41, 5.74) is 3.23. The molecule has 0 radical (unpaired) electrons. The van der Waals surface area contributed by atoms with E-state index in [4.69, 9.17) is 9.47 Å². The first kappa shape index (κ1) is 17.1. The number of ether oxygens (including phenoxy) is 2. The van der Waals surface area contributed by atoms with Crippen LogP contribution < -0.4 is 14.9 Å². The van der Waals surface area contributed by atoms with Crippen molar-refractivity contribution >= 4 is 12.1 Å². The van der Waals surface area contributed by atoms with E-state index in [1.54, 1.807) is 36.4 Å². The van der Waals surface area contributed by atoms with Gasteiger partial charge in [-0.25, -0.2) is 5.43 Å². The van der Waals surface area contributed by atoms with E-state index in [0.717, 1.165) is 5.56 Å². The zero-order valence-corrected chi connectivity index (χ0v) is 13.2. The van der Waals surface area contributed by atoms with Crippen molar-refractivity contribution < 1.29 is 19.4 Å². The number of benzene rings is 2. The summed E-state index contributed by atoms with van der Waals surface area (Å²) in [6.45, 7) is 3.97. The van der Waals surface area contributed by atoms with Crippen LogP contribution >= 0.6 is 0 Å². The van der Waals surface area contributed by atoms with Gasteiger partial charge in [-0.1, -0.05) is 24.8 Å². The third-order valence-corrected chi connectivity index (χ3v) is 3.07. The number of aromatic hydroxyl groups is 1. The maximum atomic E-state index is 11.9. The molecule has 0 heterocycles. The zero-order chi connectivity index (χ0) is 17.4. The molecular weight excluding hydrogens is 308 g/mol. The van der Waals surface area contributed by atoms with E-state index in [-0.39, 0.29) is 11.3 Å². The third-order valence-electron chi connectivity index (χ3n) is 3.07. The van der Waals surface area contributed by atoms with Crippen LogP contribution in [0.5, 0.6) is 17.2 Å². The molecule has 0 unspecified atom stereocenters. The number of hydrazone groups is 1. The van der Waals surface area contributed by atoms with Crippen LogP contribution in [0.15, 0.2) is 60.2 Å². The Hall–Kier alpha value is -3.28. The quantitative estimate of drug-likeness (QED) is 0.466. The van der Waals surface area contributed by atoms with Gasteiger partial charge in [0.25, 0.3) is 5.91 Å². The second-order valence-corrected chi connectivity index (χ2v) is 4.73. The van der Waals surface area contributed by atoms with Crippen molar-refractivity contribution in [1.82, 2.24) is 5.43 Å². The molecule has 0 saturated heterocycles. The lowest BCUT2D eigenvalue weighted by molar-refractivity contribution is 0.0952. The Labute approximate surface area is 140 Å². The van der Waals surface area contributed by atoms with E-state index in [1.165, 1.54) is 25.5 Å². The number of hydrogen-bond donors (Lipinski definition) is 2. The predicted octanol–water partition coefficient (Wildman–Crippen LogP) is 2.73. The van der Waals surface area contributed by atoms with E-state index < -0.39 is 5.91 Å². The lowest BCUT2D eigenvalue weighted by Crippen LogP contribution is -2.17. The molecule has 124 valence electrons. The molecule has 0 saturated carbocycles. The highest BCUT2D eigenvalue weighted by molar-refractivity contribution is 5.97. The van der Waals surface area contributed by atoms with Crippen molar-refractivity contribution in [2.75, 3.05) is 13.7 Å². The van der Waals surface area contributed by atoms with Crippen molar-refractivity contribution in [3.05, 3.63) is 66.2 Å². The molecule has 0 spiro atoms. The van der Waals surface area contributed by atoms with Gasteiger partial charge in [0.15, 0.2) is 11.5 Å². The Morgan fingerprint density at radius 2 is 2.08 bits per heavy atom. The van der Waals surface area contributed by atoms with Gasteiger partial charge in [-0.2, -0.15) is 5.10 Å². The molecule has 6 nitrogen and oxygen atoms in total. The maximum Gasteiger partial charge on any atom is 0.275 e. The number of carbonyl (C=O) groups excluding carboxylic acids is 1. The van der Waals surface area contributed by atoms with Gasteiger partial charge in [-0.15, -0.1) is 0 Å². The Kier molecular flexibility index (Phi) is 5.96. The number of carbonyl (C=O) groups is 1. The van der Waals surface area contributed by atoms with Crippen LogP contribution in [0.2, 0.25) is 0 Å². The number of phenols is 1. The Morgan fingerprint density at radius 1 is 1.29 bits per heavy atom. The van der Waals surface area contributed by atoms with Crippen LogP contribution in [-0.4, -0.2) is 30.9 Å². The minimum atomic E-state index is -0.498. The highest BCUT2D eigenvalue weighted by atomic mass is 16.5. The third kappa shape index (κ3) is 4.36. The largest absolute Gasteiger partial charge is 0.507 e. The lowest BCUT2D eigenvalue weighted by atomic mass is 10.2. The second-order valence-electron chi connectivity index (χ2n) is 4.73. The molecule has 24 heavy (non-hydrogen) atoms. The fraction of sp³-hybridized carbons (Fsp3) is 0.111. The molecule has 1 amide bonds. The number of hydrogen-bond acceptors (Lipinski definition) is 5. The fourth-order valence-electron chi connectivity index (χ4n) is 1.92. The van der Waals surface area contributed by atoms with Crippen molar-refractivity contribution in [2.45, 2.75) is 0 Å². The van der Waals surface area contributed by atoms with Crippen LogP contribution in [0, 0.1) is 0 Å². The molecule has 0 aliphatic rings. The molecule has 0 atom stereocenters. The van der Waals surface area contributed by atoms with Crippen LogP contribution in [-0.2, 0) is 0 Å². The molecule has 0 bridgehead atoms. The molecule has 0 aliphatic heterocycles. The van der Waals surface area contributed by atoms with Crippen molar-refractivity contribution in [1.29, 1.82) is 0 Å². The van der Waals surface area contributed by atoms with Gasteiger partial charge in [0.05, 0.1) is 18.9 Å². The SMILES string of the molecule is C=CCOc1ccc(/C=N\NC(=O)c2ccccc2O)cc1OC. The molecule has 0 aromatic heterocycles. The van der Waals surface area contributed by atoms with Crippen molar-refractivity contribution in [3.8, 4) is 17.2 Å². The minimum absolute atomic E-state index is 0.101. The highest BCUT2D eigenvalue weighted by Crippen LogP contribution is 2.27. The van der Waals surface area contributed by atoms with Gasteiger partial charge in [0.1, 0.15) is 12.4 Å². The van der Waals surface area contributed by atoms with E-state index in [1.807, 2.05) is 0 Å². The summed E-state index contributed by atoms with van der Waals surface area (Å²) in [4.78, 5) is 11.9. The first-order valence-electron chi connectivity index (χ1n) is 7.19. The summed E-state index contributed by atoms with van der Waals surface area (Å²) in [5.74, 6) is 0.540. The Balaban J connectivity index is 2.05. The second kappa shape index (κ2) is 8.38. The van der Waals surface area contributed by atoms with Gasteiger partial charge in [-0.3, -0.25) is 4.79 Å². The van der Waals surface area contributed by atoms with E-state index in [2.05, 4.69) is 17.1 Å². The van der Waals surface area contributed by atoms with Gasteiger partial charge < -0.3 is 14.6 Å². The Bertz CT molecular complexity index is 756. The van der Waals surface area contributed by atoms with Crippen LogP contribution in [0.25, 0.3) is 0 Å². The lowest BCUT2D eigenvalue weighted by Gasteiger charge is -2.09. The molecule has 0 aliphatic carbocycles. The number of para-hydroxylation sites is 1. The first-order valence-corrected chi connectivity index (χ1v) is 7.19. The summed E-state index contributed by atoms with van der Waals surface area (Å²) < 4.78 is 10.7. The van der Waals surface area contributed by atoms with Gasteiger partial charge in [-0.05, 0) is 35.9 Å². The average molecular weight is 326 g/mol. The molecular formula is C18H18N2O4. The molecule has 2 aromatic carbocycles. The molecule has 2 rings (SSSR count). The van der Waals surface area contributed by atoms with Gasteiger partial charge in [0, 0.05) is 0 Å².